The van der Waals surface area contributed by atoms with E-state index in [2.05, 4.69) is 67.9 Å². The molecular formula is C16H22BrNO. The number of halogens is 1. The van der Waals surface area contributed by atoms with Gasteiger partial charge in [-0.05, 0) is 23.5 Å². The summed E-state index contributed by atoms with van der Waals surface area (Å²) in [5.74, 6) is 0.245. The highest BCUT2D eigenvalue weighted by molar-refractivity contribution is 9.09. The Kier molecular flexibility index (Phi) is 4.05. The van der Waals surface area contributed by atoms with Gasteiger partial charge in [0.15, 0.2) is 0 Å². The molecule has 3 heteroatoms. The minimum absolute atomic E-state index is 0.157. The SMILES string of the molecule is CC(c1ccc(C(C)(C)C)cc1)N1CC(Br)CC1=O. The van der Waals surface area contributed by atoms with Crippen LogP contribution >= 0.6 is 15.9 Å². The van der Waals surface area contributed by atoms with Gasteiger partial charge in [-0.15, -0.1) is 0 Å². The van der Waals surface area contributed by atoms with E-state index in [9.17, 15) is 4.79 Å². The third-order valence-electron chi connectivity index (χ3n) is 3.84. The van der Waals surface area contributed by atoms with E-state index in [1.807, 2.05) is 4.90 Å². The van der Waals surface area contributed by atoms with Gasteiger partial charge in [0.2, 0.25) is 5.91 Å². The molecule has 1 aliphatic heterocycles. The minimum Gasteiger partial charge on any atom is -0.335 e. The van der Waals surface area contributed by atoms with Crippen molar-refractivity contribution in [2.24, 2.45) is 0 Å². The first kappa shape index (κ1) is 14.6. The van der Waals surface area contributed by atoms with Gasteiger partial charge >= 0.3 is 0 Å². The van der Waals surface area contributed by atoms with Crippen LogP contribution in [0.3, 0.4) is 0 Å². The Labute approximate surface area is 124 Å². The van der Waals surface area contributed by atoms with Crippen molar-refractivity contribution in [3.05, 3.63) is 35.4 Å². The van der Waals surface area contributed by atoms with Crippen molar-refractivity contribution in [3.8, 4) is 0 Å². The largest absolute Gasteiger partial charge is 0.335 e. The fourth-order valence-electron chi connectivity index (χ4n) is 2.50. The molecule has 1 heterocycles. The van der Waals surface area contributed by atoms with E-state index in [1.165, 1.54) is 11.1 Å². The lowest BCUT2D eigenvalue weighted by atomic mass is 9.86. The van der Waals surface area contributed by atoms with Crippen LogP contribution in [0.2, 0.25) is 0 Å². The first-order valence-corrected chi connectivity index (χ1v) is 7.74. The summed E-state index contributed by atoms with van der Waals surface area (Å²) in [4.78, 5) is 14.2. The summed E-state index contributed by atoms with van der Waals surface area (Å²) >= 11 is 3.54. The van der Waals surface area contributed by atoms with Gasteiger partial charge in [-0.2, -0.15) is 0 Å². The number of hydrogen-bond donors (Lipinski definition) is 0. The van der Waals surface area contributed by atoms with Gasteiger partial charge in [0.05, 0.1) is 6.04 Å². The number of likely N-dealkylation sites (tertiary alicyclic amines) is 1. The van der Waals surface area contributed by atoms with E-state index in [-0.39, 0.29) is 17.4 Å². The Hall–Kier alpha value is -0.830. The van der Waals surface area contributed by atoms with Crippen LogP contribution in [0.4, 0.5) is 0 Å². The molecule has 0 radical (unpaired) electrons. The summed E-state index contributed by atoms with van der Waals surface area (Å²) in [5.41, 5.74) is 2.71. The Morgan fingerprint density at radius 3 is 2.26 bits per heavy atom. The van der Waals surface area contributed by atoms with Gasteiger partial charge in [-0.3, -0.25) is 4.79 Å². The molecular weight excluding hydrogens is 302 g/mol. The monoisotopic (exact) mass is 323 g/mol. The molecule has 0 aliphatic carbocycles. The number of carbonyl (C=O) groups is 1. The highest BCUT2D eigenvalue weighted by Gasteiger charge is 2.31. The molecule has 0 N–H and O–H groups in total. The van der Waals surface area contributed by atoms with Crippen LogP contribution in [-0.4, -0.2) is 22.2 Å². The fourth-order valence-corrected chi connectivity index (χ4v) is 3.09. The van der Waals surface area contributed by atoms with Gasteiger partial charge in [0.25, 0.3) is 0 Å². The van der Waals surface area contributed by atoms with Crippen LogP contribution in [-0.2, 0) is 10.2 Å². The topological polar surface area (TPSA) is 20.3 Å². The Balaban J connectivity index is 2.16. The molecule has 1 saturated heterocycles. The van der Waals surface area contributed by atoms with Crippen molar-refractivity contribution in [3.63, 3.8) is 0 Å². The Morgan fingerprint density at radius 1 is 1.26 bits per heavy atom. The molecule has 1 aromatic rings. The second-order valence-corrected chi connectivity index (χ2v) is 7.69. The lowest BCUT2D eigenvalue weighted by Gasteiger charge is -2.26. The first-order valence-electron chi connectivity index (χ1n) is 6.83. The van der Waals surface area contributed by atoms with Gasteiger partial charge in [0, 0.05) is 17.8 Å². The second kappa shape index (κ2) is 5.28. The van der Waals surface area contributed by atoms with E-state index in [0.29, 0.717) is 11.2 Å². The van der Waals surface area contributed by atoms with Crippen molar-refractivity contribution in [2.75, 3.05) is 6.54 Å². The van der Waals surface area contributed by atoms with E-state index >= 15 is 0 Å². The highest BCUT2D eigenvalue weighted by Crippen LogP contribution is 2.30. The lowest BCUT2D eigenvalue weighted by molar-refractivity contribution is -0.129. The van der Waals surface area contributed by atoms with Crippen molar-refractivity contribution in [2.45, 2.75) is 50.4 Å². The molecule has 1 fully saturated rings. The van der Waals surface area contributed by atoms with E-state index in [0.717, 1.165) is 6.54 Å². The van der Waals surface area contributed by atoms with Gasteiger partial charge in [-0.25, -0.2) is 0 Å². The minimum atomic E-state index is 0.157. The summed E-state index contributed by atoms with van der Waals surface area (Å²) in [5, 5.41) is 0. The lowest BCUT2D eigenvalue weighted by Crippen LogP contribution is -2.28. The Bertz CT molecular complexity index is 461. The number of amides is 1. The molecule has 2 atom stereocenters. The number of alkyl halides is 1. The predicted molar refractivity (Wildman–Crippen MR) is 82.6 cm³/mol. The quantitative estimate of drug-likeness (QED) is 0.752. The number of nitrogens with zero attached hydrogens (tertiary/aromatic N) is 1. The second-order valence-electron chi connectivity index (χ2n) is 6.40. The smallest absolute Gasteiger partial charge is 0.224 e. The summed E-state index contributed by atoms with van der Waals surface area (Å²) in [6, 6.07) is 8.82. The number of benzene rings is 1. The van der Waals surface area contributed by atoms with Crippen molar-refractivity contribution in [1.29, 1.82) is 0 Å². The molecule has 2 nitrogen and oxygen atoms in total. The third kappa shape index (κ3) is 3.19. The molecule has 0 aromatic heterocycles. The van der Waals surface area contributed by atoms with Crippen LogP contribution in [0.15, 0.2) is 24.3 Å². The standard InChI is InChI=1S/C16H22BrNO/c1-11(18-10-14(17)9-15(18)19)12-5-7-13(8-6-12)16(2,3)4/h5-8,11,14H,9-10H2,1-4H3. The molecule has 0 saturated carbocycles. The summed E-state index contributed by atoms with van der Waals surface area (Å²) in [6.07, 6.45) is 0.615. The molecule has 1 aliphatic rings. The normalized spacial score (nSPS) is 21.8. The number of carbonyl (C=O) groups excluding carboxylic acids is 1. The first-order chi connectivity index (χ1) is 8.79. The zero-order valence-corrected chi connectivity index (χ0v) is 13.7. The Morgan fingerprint density at radius 2 is 1.84 bits per heavy atom. The van der Waals surface area contributed by atoms with Crippen molar-refractivity contribution >= 4 is 21.8 Å². The van der Waals surface area contributed by atoms with Gasteiger partial charge < -0.3 is 4.90 Å². The summed E-state index contributed by atoms with van der Waals surface area (Å²) in [6.45, 7) is 9.55. The van der Waals surface area contributed by atoms with Crippen LogP contribution < -0.4 is 0 Å². The fraction of sp³-hybridized carbons (Fsp3) is 0.562. The van der Waals surface area contributed by atoms with Crippen LogP contribution in [0.25, 0.3) is 0 Å². The van der Waals surface area contributed by atoms with E-state index < -0.39 is 0 Å². The number of rotatable bonds is 2. The number of hydrogen-bond acceptors (Lipinski definition) is 1. The molecule has 1 amide bonds. The van der Waals surface area contributed by atoms with E-state index in [1.54, 1.807) is 0 Å². The zero-order chi connectivity index (χ0) is 14.2. The molecule has 2 unspecified atom stereocenters. The third-order valence-corrected chi connectivity index (χ3v) is 4.45. The summed E-state index contributed by atoms with van der Waals surface area (Å²) < 4.78 is 0. The van der Waals surface area contributed by atoms with Crippen LogP contribution in [0.1, 0.15) is 51.3 Å². The maximum Gasteiger partial charge on any atom is 0.224 e. The zero-order valence-electron chi connectivity index (χ0n) is 12.1. The van der Waals surface area contributed by atoms with E-state index in [4.69, 9.17) is 0 Å². The molecule has 0 spiro atoms. The maximum absolute atomic E-state index is 11.9. The van der Waals surface area contributed by atoms with Crippen LogP contribution in [0, 0.1) is 0 Å². The summed E-state index contributed by atoms with van der Waals surface area (Å²) in [7, 11) is 0. The molecule has 0 bridgehead atoms. The molecule has 104 valence electrons. The molecule has 1 aromatic carbocycles. The predicted octanol–water partition coefficient (Wildman–Crippen LogP) is 4.04. The molecule has 2 rings (SSSR count). The van der Waals surface area contributed by atoms with Gasteiger partial charge in [0.1, 0.15) is 0 Å². The van der Waals surface area contributed by atoms with Gasteiger partial charge in [-0.1, -0.05) is 61.0 Å². The highest BCUT2D eigenvalue weighted by atomic mass is 79.9. The van der Waals surface area contributed by atoms with Crippen molar-refractivity contribution < 1.29 is 4.79 Å². The van der Waals surface area contributed by atoms with Crippen molar-refractivity contribution in [1.82, 2.24) is 4.90 Å². The van der Waals surface area contributed by atoms with Crippen LogP contribution in [0.5, 0.6) is 0 Å². The molecule has 19 heavy (non-hydrogen) atoms. The maximum atomic E-state index is 11.9. The average molecular weight is 324 g/mol. The average Bonchev–Trinajstić information content (AvgIpc) is 2.66.